The Bertz CT molecular complexity index is 861. The highest BCUT2D eigenvalue weighted by Gasteiger charge is 2.52. The fraction of sp³-hybridized carbons (Fsp3) is 0.368. The molecule has 25 heavy (non-hydrogen) atoms. The first kappa shape index (κ1) is 16.1. The van der Waals surface area contributed by atoms with E-state index >= 15 is 0 Å². The normalized spacial score (nSPS) is 16.6. The van der Waals surface area contributed by atoms with Crippen LogP contribution in [0.2, 0.25) is 0 Å². The molecule has 1 amide bonds. The van der Waals surface area contributed by atoms with E-state index in [1.54, 1.807) is 17.6 Å². The predicted molar refractivity (Wildman–Crippen MR) is 96.8 cm³/mol. The van der Waals surface area contributed by atoms with Gasteiger partial charge in [0.1, 0.15) is 11.8 Å². The number of hydrogen-bond acceptors (Lipinski definition) is 4. The van der Waals surface area contributed by atoms with Crippen molar-refractivity contribution in [2.24, 2.45) is 0 Å². The van der Waals surface area contributed by atoms with Gasteiger partial charge in [-0.3, -0.25) is 9.48 Å². The summed E-state index contributed by atoms with van der Waals surface area (Å²) in [5.74, 6) is 0.903. The van der Waals surface area contributed by atoms with Crippen LogP contribution in [-0.4, -0.2) is 22.2 Å². The maximum Gasteiger partial charge on any atom is 0.231 e. The molecule has 1 atom stereocenters. The molecule has 5 nitrogen and oxygen atoms in total. The van der Waals surface area contributed by atoms with Crippen molar-refractivity contribution in [3.8, 4) is 0 Å². The molecule has 6 heteroatoms. The second-order valence-electron chi connectivity index (χ2n) is 6.67. The first-order chi connectivity index (χ1) is 12.1. The zero-order valence-corrected chi connectivity index (χ0v) is 15.2. The van der Waals surface area contributed by atoms with Crippen LogP contribution in [0.4, 0.5) is 0 Å². The second-order valence-corrected chi connectivity index (χ2v) is 7.62. The van der Waals surface area contributed by atoms with E-state index in [2.05, 4.69) is 16.5 Å². The van der Waals surface area contributed by atoms with Gasteiger partial charge < -0.3 is 9.73 Å². The van der Waals surface area contributed by atoms with Crippen LogP contribution >= 0.6 is 11.3 Å². The summed E-state index contributed by atoms with van der Waals surface area (Å²) >= 11 is 1.66. The van der Waals surface area contributed by atoms with E-state index < -0.39 is 0 Å². The average molecular weight is 355 g/mol. The van der Waals surface area contributed by atoms with E-state index in [9.17, 15) is 4.79 Å². The molecule has 1 aliphatic carbocycles. The van der Waals surface area contributed by atoms with Crippen LogP contribution in [0, 0.1) is 13.8 Å². The van der Waals surface area contributed by atoms with Crippen LogP contribution in [0.5, 0.6) is 0 Å². The quantitative estimate of drug-likeness (QED) is 0.735. The summed E-state index contributed by atoms with van der Waals surface area (Å²) in [5.41, 5.74) is 1.68. The molecule has 1 unspecified atom stereocenters. The molecule has 0 radical (unpaired) electrons. The van der Waals surface area contributed by atoms with Crippen molar-refractivity contribution < 1.29 is 9.21 Å². The minimum Gasteiger partial charge on any atom is -0.467 e. The lowest BCUT2D eigenvalue weighted by Gasteiger charge is -2.20. The topological polar surface area (TPSA) is 60.1 Å². The van der Waals surface area contributed by atoms with Gasteiger partial charge in [-0.05, 0) is 56.3 Å². The van der Waals surface area contributed by atoms with E-state index in [4.69, 9.17) is 4.42 Å². The third-order valence-electron chi connectivity index (χ3n) is 4.84. The van der Waals surface area contributed by atoms with E-state index in [0.29, 0.717) is 6.54 Å². The number of thiophene rings is 1. The molecule has 3 aromatic rings. The molecule has 3 aromatic heterocycles. The molecule has 1 aliphatic rings. The summed E-state index contributed by atoms with van der Waals surface area (Å²) in [4.78, 5) is 14.0. The summed E-state index contributed by atoms with van der Waals surface area (Å²) < 4.78 is 7.54. The number of hydrogen-bond donors (Lipinski definition) is 1. The highest BCUT2D eigenvalue weighted by atomic mass is 32.1. The van der Waals surface area contributed by atoms with Crippen LogP contribution < -0.4 is 5.32 Å². The number of aromatic nitrogens is 2. The third-order valence-corrected chi connectivity index (χ3v) is 5.92. The van der Waals surface area contributed by atoms with Crippen molar-refractivity contribution in [3.05, 3.63) is 64.0 Å². The van der Waals surface area contributed by atoms with Crippen LogP contribution in [0.25, 0.3) is 0 Å². The van der Waals surface area contributed by atoms with Crippen LogP contribution in [-0.2, 0) is 10.2 Å². The first-order valence-corrected chi connectivity index (χ1v) is 9.36. The van der Waals surface area contributed by atoms with E-state index in [1.807, 2.05) is 48.2 Å². The van der Waals surface area contributed by atoms with E-state index in [1.165, 1.54) is 0 Å². The van der Waals surface area contributed by atoms with Crippen LogP contribution in [0.3, 0.4) is 0 Å². The number of rotatable bonds is 6. The number of furan rings is 1. The minimum atomic E-state index is -0.322. The van der Waals surface area contributed by atoms with Gasteiger partial charge >= 0.3 is 0 Å². The molecule has 130 valence electrons. The van der Waals surface area contributed by atoms with E-state index in [-0.39, 0.29) is 17.4 Å². The van der Waals surface area contributed by atoms with Gasteiger partial charge in [0.15, 0.2) is 0 Å². The molecule has 0 saturated heterocycles. The second kappa shape index (κ2) is 6.19. The highest BCUT2D eigenvalue weighted by molar-refractivity contribution is 7.10. The molecule has 0 spiro atoms. The Morgan fingerprint density at radius 3 is 2.80 bits per heavy atom. The number of amides is 1. The average Bonchev–Trinajstić information content (AvgIpc) is 3.02. The van der Waals surface area contributed by atoms with Gasteiger partial charge in [-0.2, -0.15) is 5.10 Å². The van der Waals surface area contributed by atoms with Gasteiger partial charge in [0, 0.05) is 17.1 Å². The largest absolute Gasteiger partial charge is 0.467 e. The van der Waals surface area contributed by atoms with Crippen molar-refractivity contribution >= 4 is 17.2 Å². The maximum atomic E-state index is 12.9. The lowest BCUT2D eigenvalue weighted by Crippen LogP contribution is -2.38. The van der Waals surface area contributed by atoms with Gasteiger partial charge in [0.05, 0.1) is 17.4 Å². The van der Waals surface area contributed by atoms with E-state index in [0.717, 1.165) is 34.9 Å². The highest BCUT2D eigenvalue weighted by Crippen LogP contribution is 2.50. The zero-order chi connectivity index (χ0) is 17.4. The van der Waals surface area contributed by atoms with Crippen molar-refractivity contribution in [2.75, 3.05) is 6.54 Å². The summed E-state index contributed by atoms with van der Waals surface area (Å²) in [6, 6.07) is 9.75. The van der Waals surface area contributed by atoms with Gasteiger partial charge in [0.2, 0.25) is 5.91 Å². The first-order valence-electron chi connectivity index (χ1n) is 8.48. The lowest BCUT2D eigenvalue weighted by atomic mass is 10.0. The standard InChI is InChI=1S/C19H21N3O2S/c1-13-11-14(2)22(21-13)15(16-5-3-9-24-16)12-20-18(23)19(7-8-19)17-6-4-10-25-17/h3-6,9-11,15H,7-8,12H2,1-2H3,(H,20,23). The maximum absolute atomic E-state index is 12.9. The predicted octanol–water partition coefficient (Wildman–Crippen LogP) is 3.59. The Kier molecular flexibility index (Phi) is 4.00. The number of aryl methyl sites for hydroxylation is 2. The summed E-state index contributed by atoms with van der Waals surface area (Å²) in [6.07, 6.45) is 3.50. The smallest absolute Gasteiger partial charge is 0.231 e. The van der Waals surface area contributed by atoms with Gasteiger partial charge in [-0.15, -0.1) is 11.3 Å². The molecule has 1 saturated carbocycles. The number of nitrogens with one attached hydrogen (secondary N) is 1. The van der Waals surface area contributed by atoms with Crippen molar-refractivity contribution in [1.29, 1.82) is 0 Å². The van der Waals surface area contributed by atoms with Crippen molar-refractivity contribution in [3.63, 3.8) is 0 Å². The molecule has 0 aromatic carbocycles. The SMILES string of the molecule is Cc1cc(C)n(C(CNC(=O)C2(c3cccs3)CC2)c2ccco2)n1. The lowest BCUT2D eigenvalue weighted by molar-refractivity contribution is -0.123. The number of carbonyl (C=O) groups is 1. The molecule has 3 heterocycles. The molecule has 0 bridgehead atoms. The summed E-state index contributed by atoms with van der Waals surface area (Å²) in [5, 5.41) is 9.76. The molecule has 0 aliphatic heterocycles. The number of carbonyl (C=O) groups excluding carboxylic acids is 1. The van der Waals surface area contributed by atoms with Crippen molar-refractivity contribution in [1.82, 2.24) is 15.1 Å². The Hall–Kier alpha value is -2.34. The Labute approximate surface area is 150 Å². The minimum absolute atomic E-state index is 0.105. The van der Waals surface area contributed by atoms with Crippen molar-refractivity contribution in [2.45, 2.75) is 38.1 Å². The number of nitrogens with zero attached hydrogens (tertiary/aromatic N) is 2. The zero-order valence-electron chi connectivity index (χ0n) is 14.4. The molecule has 1 N–H and O–H groups in total. The van der Waals surface area contributed by atoms with Crippen LogP contribution in [0.15, 0.2) is 46.4 Å². The molecular weight excluding hydrogens is 334 g/mol. The van der Waals surface area contributed by atoms with Gasteiger partial charge in [-0.25, -0.2) is 0 Å². The van der Waals surface area contributed by atoms with Gasteiger partial charge in [0.25, 0.3) is 0 Å². The third kappa shape index (κ3) is 2.91. The molecule has 4 rings (SSSR count). The van der Waals surface area contributed by atoms with Crippen LogP contribution in [0.1, 0.15) is 40.9 Å². The fourth-order valence-electron chi connectivity index (χ4n) is 3.37. The van der Waals surface area contributed by atoms with Gasteiger partial charge in [-0.1, -0.05) is 6.07 Å². The Morgan fingerprint density at radius 1 is 1.40 bits per heavy atom. The monoisotopic (exact) mass is 355 g/mol. The summed E-state index contributed by atoms with van der Waals surface area (Å²) in [6.45, 7) is 4.45. The molecular formula is C19H21N3O2S. The molecule has 1 fully saturated rings. The Balaban J connectivity index is 1.54. The fourth-order valence-corrected chi connectivity index (χ4v) is 4.35. The Morgan fingerprint density at radius 2 is 2.24 bits per heavy atom. The summed E-state index contributed by atoms with van der Waals surface area (Å²) in [7, 11) is 0.